The third kappa shape index (κ3) is 3.02. The maximum Gasteiger partial charge on any atom is 0.325 e. The van der Waals surface area contributed by atoms with Crippen LogP contribution in [0.2, 0.25) is 0 Å². The number of ether oxygens (including phenoxy) is 1. The van der Waals surface area contributed by atoms with Crippen LogP contribution in [-0.2, 0) is 9.53 Å². The molecule has 0 atom stereocenters. The van der Waals surface area contributed by atoms with Crippen LogP contribution in [0.25, 0.3) is 0 Å². The highest BCUT2D eigenvalue weighted by Crippen LogP contribution is 2.20. The van der Waals surface area contributed by atoms with Crippen LogP contribution in [0.4, 0.5) is 0 Å². The topological polar surface area (TPSA) is 68.5 Å². The lowest BCUT2D eigenvalue weighted by Crippen LogP contribution is -2.30. The van der Waals surface area contributed by atoms with E-state index < -0.39 is 5.97 Å². The van der Waals surface area contributed by atoms with E-state index in [4.69, 9.17) is 4.42 Å². The number of nitrogens with one attached hydrogen (secondary N) is 1. The number of amides is 1. The van der Waals surface area contributed by atoms with E-state index in [2.05, 4.69) is 10.1 Å². The van der Waals surface area contributed by atoms with Crippen molar-refractivity contribution in [2.75, 3.05) is 19.9 Å². The first-order chi connectivity index (χ1) is 7.19. The zero-order valence-corrected chi connectivity index (χ0v) is 9.22. The van der Waals surface area contributed by atoms with Crippen LogP contribution in [0.15, 0.2) is 21.8 Å². The first-order valence-corrected chi connectivity index (χ1v) is 5.38. The first kappa shape index (κ1) is 11.6. The van der Waals surface area contributed by atoms with Crippen LogP contribution in [0.3, 0.4) is 0 Å². The van der Waals surface area contributed by atoms with Crippen LogP contribution < -0.4 is 5.32 Å². The molecule has 1 aromatic heterocycles. The number of hydrogen-bond donors (Lipinski definition) is 1. The van der Waals surface area contributed by atoms with E-state index in [9.17, 15) is 9.59 Å². The molecular formula is C9H11NO4S. The molecule has 0 unspecified atom stereocenters. The van der Waals surface area contributed by atoms with Crippen molar-refractivity contribution in [1.82, 2.24) is 5.32 Å². The zero-order chi connectivity index (χ0) is 11.3. The molecular weight excluding hydrogens is 218 g/mol. The summed E-state index contributed by atoms with van der Waals surface area (Å²) in [6, 6.07) is 1.55. The van der Waals surface area contributed by atoms with Crippen LogP contribution in [0, 0.1) is 0 Å². The Morgan fingerprint density at radius 1 is 1.60 bits per heavy atom. The van der Waals surface area contributed by atoms with Crippen molar-refractivity contribution >= 4 is 23.6 Å². The Labute approximate surface area is 91.2 Å². The van der Waals surface area contributed by atoms with E-state index in [-0.39, 0.29) is 12.5 Å². The molecule has 1 rings (SSSR count). The molecule has 0 aliphatic heterocycles. The van der Waals surface area contributed by atoms with E-state index in [0.717, 1.165) is 0 Å². The summed E-state index contributed by atoms with van der Waals surface area (Å²) in [5.74, 6) is -0.837. The fraction of sp³-hybridized carbons (Fsp3) is 0.333. The molecule has 0 spiro atoms. The minimum atomic E-state index is -0.488. The summed E-state index contributed by atoms with van der Waals surface area (Å²) in [4.78, 5) is 22.3. The van der Waals surface area contributed by atoms with E-state index in [1.54, 1.807) is 12.3 Å². The molecule has 0 bridgehead atoms. The van der Waals surface area contributed by atoms with Gasteiger partial charge in [0.1, 0.15) is 6.54 Å². The van der Waals surface area contributed by atoms with Crippen molar-refractivity contribution in [3.8, 4) is 0 Å². The molecule has 82 valence electrons. The zero-order valence-electron chi connectivity index (χ0n) is 8.40. The molecule has 0 saturated heterocycles. The molecule has 0 aliphatic carbocycles. The minimum absolute atomic E-state index is 0.145. The molecule has 1 N–H and O–H groups in total. The summed E-state index contributed by atoms with van der Waals surface area (Å²) in [6.07, 6.45) is 3.23. The van der Waals surface area contributed by atoms with Gasteiger partial charge in [-0.25, -0.2) is 0 Å². The van der Waals surface area contributed by atoms with Gasteiger partial charge in [0.15, 0.2) is 5.09 Å². The molecule has 6 heteroatoms. The molecule has 1 aromatic rings. The maximum absolute atomic E-state index is 11.5. The van der Waals surface area contributed by atoms with Gasteiger partial charge in [-0.3, -0.25) is 9.59 Å². The molecule has 1 amide bonds. The highest BCUT2D eigenvalue weighted by molar-refractivity contribution is 7.98. The largest absolute Gasteiger partial charge is 0.468 e. The highest BCUT2D eigenvalue weighted by atomic mass is 32.2. The summed E-state index contributed by atoms with van der Waals surface area (Å²) in [7, 11) is 1.26. The SMILES string of the molecule is COC(=O)CNC(=O)c1ccoc1SC. The van der Waals surface area contributed by atoms with E-state index >= 15 is 0 Å². The average Bonchev–Trinajstić information content (AvgIpc) is 2.73. The lowest BCUT2D eigenvalue weighted by Gasteiger charge is -2.02. The van der Waals surface area contributed by atoms with Gasteiger partial charge in [0, 0.05) is 0 Å². The second kappa shape index (κ2) is 5.45. The number of carbonyl (C=O) groups excluding carboxylic acids is 2. The monoisotopic (exact) mass is 229 g/mol. The molecule has 0 saturated carbocycles. The van der Waals surface area contributed by atoms with Crippen molar-refractivity contribution in [2.45, 2.75) is 5.09 Å². The summed E-state index contributed by atoms with van der Waals surface area (Å²) in [6.45, 7) is -0.145. The van der Waals surface area contributed by atoms with E-state index in [0.29, 0.717) is 10.7 Å². The van der Waals surface area contributed by atoms with Gasteiger partial charge in [0.05, 0.1) is 18.9 Å². The predicted octanol–water partition coefficient (Wildman–Crippen LogP) is 0.904. The molecule has 0 aliphatic rings. The summed E-state index contributed by atoms with van der Waals surface area (Å²) in [5, 5.41) is 2.95. The Balaban J connectivity index is 2.57. The Kier molecular flexibility index (Phi) is 4.23. The minimum Gasteiger partial charge on any atom is -0.468 e. The van der Waals surface area contributed by atoms with Crippen molar-refractivity contribution in [3.63, 3.8) is 0 Å². The summed E-state index contributed by atoms with van der Waals surface area (Å²) < 4.78 is 9.45. The third-order valence-corrected chi connectivity index (χ3v) is 2.37. The Morgan fingerprint density at radius 3 is 2.93 bits per heavy atom. The number of thioether (sulfide) groups is 1. The van der Waals surface area contributed by atoms with Crippen molar-refractivity contribution in [2.24, 2.45) is 0 Å². The Hall–Kier alpha value is -1.43. The highest BCUT2D eigenvalue weighted by Gasteiger charge is 2.14. The molecule has 5 nitrogen and oxygen atoms in total. The van der Waals surface area contributed by atoms with Crippen LogP contribution in [0.1, 0.15) is 10.4 Å². The van der Waals surface area contributed by atoms with E-state index in [1.165, 1.54) is 25.1 Å². The van der Waals surface area contributed by atoms with Gasteiger partial charge in [0.2, 0.25) is 0 Å². The van der Waals surface area contributed by atoms with Crippen LogP contribution in [0.5, 0.6) is 0 Å². The summed E-state index contributed by atoms with van der Waals surface area (Å²) in [5.41, 5.74) is 0.423. The van der Waals surface area contributed by atoms with Gasteiger partial charge in [0.25, 0.3) is 5.91 Å². The fourth-order valence-corrected chi connectivity index (χ4v) is 1.47. The van der Waals surface area contributed by atoms with Crippen LogP contribution >= 0.6 is 11.8 Å². The smallest absolute Gasteiger partial charge is 0.325 e. The molecule has 0 radical (unpaired) electrons. The molecule has 0 fully saturated rings. The molecule has 1 heterocycles. The first-order valence-electron chi connectivity index (χ1n) is 4.15. The average molecular weight is 229 g/mol. The molecule has 15 heavy (non-hydrogen) atoms. The fourth-order valence-electron chi connectivity index (χ4n) is 0.942. The third-order valence-electron chi connectivity index (χ3n) is 1.68. The molecule has 0 aromatic carbocycles. The van der Waals surface area contributed by atoms with Gasteiger partial charge in [-0.15, -0.1) is 0 Å². The van der Waals surface area contributed by atoms with Crippen molar-refractivity contribution in [1.29, 1.82) is 0 Å². The second-order valence-electron chi connectivity index (χ2n) is 2.58. The van der Waals surface area contributed by atoms with Gasteiger partial charge in [-0.2, -0.15) is 0 Å². The number of furan rings is 1. The number of hydrogen-bond acceptors (Lipinski definition) is 5. The van der Waals surface area contributed by atoms with E-state index in [1.807, 2.05) is 0 Å². The van der Waals surface area contributed by atoms with Crippen LogP contribution in [-0.4, -0.2) is 31.8 Å². The lowest BCUT2D eigenvalue weighted by molar-refractivity contribution is -0.139. The number of rotatable bonds is 4. The predicted molar refractivity (Wildman–Crippen MR) is 54.8 cm³/mol. The Morgan fingerprint density at radius 2 is 2.33 bits per heavy atom. The maximum atomic E-state index is 11.5. The van der Waals surface area contributed by atoms with Gasteiger partial charge in [-0.05, 0) is 12.3 Å². The quantitative estimate of drug-likeness (QED) is 0.613. The van der Waals surface area contributed by atoms with Gasteiger partial charge in [-0.1, -0.05) is 11.8 Å². The number of esters is 1. The van der Waals surface area contributed by atoms with Gasteiger partial charge >= 0.3 is 5.97 Å². The van der Waals surface area contributed by atoms with Crippen molar-refractivity contribution in [3.05, 3.63) is 17.9 Å². The normalized spacial score (nSPS) is 9.73. The second-order valence-corrected chi connectivity index (χ2v) is 3.36. The lowest BCUT2D eigenvalue weighted by atomic mass is 10.3. The van der Waals surface area contributed by atoms with Gasteiger partial charge < -0.3 is 14.5 Å². The number of carbonyl (C=O) groups is 2. The summed E-state index contributed by atoms with van der Waals surface area (Å²) >= 11 is 1.33. The van der Waals surface area contributed by atoms with Crippen molar-refractivity contribution < 1.29 is 18.7 Å². The standard InChI is InChI=1S/C9H11NO4S/c1-13-7(11)5-10-8(12)6-3-4-14-9(6)15-2/h3-4H,5H2,1-2H3,(H,10,12). The Bertz CT molecular complexity index is 361. The number of methoxy groups -OCH3 is 1.